The third-order valence-corrected chi connectivity index (χ3v) is 3.65. The van der Waals surface area contributed by atoms with Gasteiger partial charge in [-0.1, -0.05) is 6.07 Å². The molecule has 0 unspecified atom stereocenters. The Balaban J connectivity index is 1.94. The van der Waals surface area contributed by atoms with Crippen LogP contribution in [0.1, 0.15) is 12.5 Å². The molecule has 1 aliphatic rings. The Bertz CT molecular complexity index is 655. The molecular formula is C14H17F2N5. The van der Waals surface area contributed by atoms with Crippen molar-refractivity contribution in [1.82, 2.24) is 20.5 Å². The molecule has 3 rings (SSSR count). The Kier molecular flexibility index (Phi) is 3.59. The largest absolute Gasteiger partial charge is 0.337 e. The van der Waals surface area contributed by atoms with Crippen LogP contribution in [0, 0.1) is 18.6 Å². The summed E-state index contributed by atoms with van der Waals surface area (Å²) in [5, 5.41) is 10.0. The van der Waals surface area contributed by atoms with E-state index in [2.05, 4.69) is 27.4 Å². The van der Waals surface area contributed by atoms with Crippen LogP contribution < -0.4 is 10.2 Å². The van der Waals surface area contributed by atoms with Crippen LogP contribution in [-0.2, 0) is 0 Å². The molecular weight excluding hydrogens is 276 g/mol. The van der Waals surface area contributed by atoms with E-state index in [1.165, 1.54) is 12.1 Å². The van der Waals surface area contributed by atoms with Gasteiger partial charge in [0.15, 0.2) is 5.82 Å². The van der Waals surface area contributed by atoms with Crippen LogP contribution in [0.25, 0.3) is 11.4 Å². The van der Waals surface area contributed by atoms with Crippen molar-refractivity contribution in [3.8, 4) is 11.4 Å². The molecule has 21 heavy (non-hydrogen) atoms. The Hall–Kier alpha value is -2.02. The van der Waals surface area contributed by atoms with E-state index >= 15 is 0 Å². The Labute approximate surface area is 121 Å². The van der Waals surface area contributed by atoms with Crippen LogP contribution in [0.2, 0.25) is 0 Å². The number of aryl methyl sites for hydroxylation is 1. The maximum absolute atomic E-state index is 14.1. The van der Waals surface area contributed by atoms with Gasteiger partial charge in [-0.25, -0.2) is 8.78 Å². The number of anilines is 1. The molecule has 1 atom stereocenters. The first-order chi connectivity index (χ1) is 10.1. The van der Waals surface area contributed by atoms with Gasteiger partial charge in [0.2, 0.25) is 5.95 Å². The normalized spacial score (nSPS) is 19.0. The third-order valence-electron chi connectivity index (χ3n) is 3.65. The van der Waals surface area contributed by atoms with Crippen LogP contribution in [0.15, 0.2) is 12.1 Å². The molecule has 1 saturated heterocycles. The molecule has 0 bridgehead atoms. The molecule has 2 N–H and O–H groups in total. The number of nitrogens with zero attached hydrogens (tertiary/aromatic N) is 3. The topological polar surface area (TPSA) is 56.8 Å². The zero-order valence-electron chi connectivity index (χ0n) is 12.0. The smallest absolute Gasteiger partial charge is 0.245 e. The van der Waals surface area contributed by atoms with E-state index < -0.39 is 11.6 Å². The first-order valence-corrected chi connectivity index (χ1v) is 6.92. The van der Waals surface area contributed by atoms with Crippen molar-refractivity contribution in [3.05, 3.63) is 29.3 Å². The summed E-state index contributed by atoms with van der Waals surface area (Å²) in [5.74, 6) is -0.658. The summed E-state index contributed by atoms with van der Waals surface area (Å²) in [5.41, 5.74) is 0.220. The number of halogens is 2. The zero-order valence-corrected chi connectivity index (χ0v) is 12.0. The molecule has 0 aliphatic carbocycles. The summed E-state index contributed by atoms with van der Waals surface area (Å²) in [6, 6.07) is 2.97. The Morgan fingerprint density at radius 1 is 1.33 bits per heavy atom. The zero-order chi connectivity index (χ0) is 15.0. The van der Waals surface area contributed by atoms with E-state index in [0.29, 0.717) is 17.6 Å². The second kappa shape index (κ2) is 5.40. The quantitative estimate of drug-likeness (QED) is 0.887. The van der Waals surface area contributed by atoms with Gasteiger partial charge in [-0.05, 0) is 25.5 Å². The van der Waals surface area contributed by atoms with Crippen molar-refractivity contribution in [3.63, 3.8) is 0 Å². The van der Waals surface area contributed by atoms with Gasteiger partial charge in [-0.15, -0.1) is 5.10 Å². The minimum absolute atomic E-state index is 0.120. The van der Waals surface area contributed by atoms with Gasteiger partial charge in [-0.2, -0.15) is 4.98 Å². The van der Waals surface area contributed by atoms with Crippen molar-refractivity contribution in [2.75, 3.05) is 24.5 Å². The van der Waals surface area contributed by atoms with Crippen LogP contribution in [0.5, 0.6) is 0 Å². The van der Waals surface area contributed by atoms with Crippen molar-refractivity contribution in [2.45, 2.75) is 19.9 Å². The fourth-order valence-electron chi connectivity index (χ4n) is 2.49. The SMILES string of the molecule is Cc1ccc(F)c(-c2nc(N3CCN[C@H](C)C3)n[nH]2)c1F. The monoisotopic (exact) mass is 293 g/mol. The Morgan fingerprint density at radius 2 is 2.14 bits per heavy atom. The predicted molar refractivity (Wildman–Crippen MR) is 76.1 cm³/mol. The molecule has 1 aliphatic heterocycles. The molecule has 0 amide bonds. The van der Waals surface area contributed by atoms with Gasteiger partial charge in [-0.3, -0.25) is 5.10 Å². The number of piperazine rings is 1. The average Bonchev–Trinajstić information content (AvgIpc) is 2.93. The highest BCUT2D eigenvalue weighted by atomic mass is 19.1. The highest BCUT2D eigenvalue weighted by Crippen LogP contribution is 2.26. The lowest BCUT2D eigenvalue weighted by molar-refractivity contribution is 0.480. The lowest BCUT2D eigenvalue weighted by Gasteiger charge is -2.30. The average molecular weight is 293 g/mol. The van der Waals surface area contributed by atoms with Crippen molar-refractivity contribution in [1.29, 1.82) is 0 Å². The van der Waals surface area contributed by atoms with Gasteiger partial charge in [0.05, 0.1) is 5.56 Å². The number of H-pyrrole nitrogens is 1. The van der Waals surface area contributed by atoms with Gasteiger partial charge in [0.25, 0.3) is 0 Å². The molecule has 7 heteroatoms. The maximum atomic E-state index is 14.1. The number of aromatic nitrogens is 3. The van der Waals surface area contributed by atoms with E-state index in [1.54, 1.807) is 6.92 Å². The molecule has 112 valence electrons. The van der Waals surface area contributed by atoms with Crippen LogP contribution in [0.3, 0.4) is 0 Å². The van der Waals surface area contributed by atoms with Crippen LogP contribution in [0.4, 0.5) is 14.7 Å². The number of hydrogen-bond acceptors (Lipinski definition) is 4. The summed E-state index contributed by atoms with van der Waals surface area (Å²) in [7, 11) is 0. The van der Waals surface area contributed by atoms with E-state index in [9.17, 15) is 8.78 Å². The number of benzene rings is 1. The summed E-state index contributed by atoms with van der Waals surface area (Å²) < 4.78 is 28.0. The second-order valence-corrected chi connectivity index (χ2v) is 5.34. The molecule has 1 aromatic carbocycles. The fraction of sp³-hybridized carbons (Fsp3) is 0.429. The Morgan fingerprint density at radius 3 is 2.90 bits per heavy atom. The number of nitrogens with one attached hydrogen (secondary N) is 2. The third kappa shape index (κ3) is 2.61. The summed E-state index contributed by atoms with van der Waals surface area (Å²) in [6.07, 6.45) is 0. The first-order valence-electron chi connectivity index (χ1n) is 6.92. The minimum Gasteiger partial charge on any atom is -0.337 e. The van der Waals surface area contributed by atoms with Crippen LogP contribution in [-0.4, -0.2) is 40.9 Å². The minimum atomic E-state index is -0.644. The molecule has 2 aromatic rings. The van der Waals surface area contributed by atoms with E-state index in [1.807, 2.05) is 4.90 Å². The van der Waals surface area contributed by atoms with Gasteiger partial charge >= 0.3 is 0 Å². The summed E-state index contributed by atoms with van der Waals surface area (Å²) >= 11 is 0. The number of hydrogen-bond donors (Lipinski definition) is 2. The number of aromatic amines is 1. The molecule has 0 spiro atoms. The van der Waals surface area contributed by atoms with E-state index in [4.69, 9.17) is 0 Å². The predicted octanol–water partition coefficient (Wildman–Crippen LogP) is 1.86. The maximum Gasteiger partial charge on any atom is 0.245 e. The molecule has 0 saturated carbocycles. The standard InChI is InChI=1S/C14H17F2N5/c1-8-3-4-10(15)11(12(8)16)13-18-14(20-19-13)21-6-5-17-9(2)7-21/h3-4,9,17H,5-7H2,1-2H3,(H,18,19,20)/t9-/m1/s1. The number of rotatable bonds is 2. The fourth-order valence-corrected chi connectivity index (χ4v) is 2.49. The summed E-state index contributed by atoms with van der Waals surface area (Å²) in [4.78, 5) is 6.25. The van der Waals surface area contributed by atoms with E-state index in [0.717, 1.165) is 19.6 Å². The van der Waals surface area contributed by atoms with Gasteiger partial charge in [0.1, 0.15) is 11.6 Å². The second-order valence-electron chi connectivity index (χ2n) is 5.34. The highest BCUT2D eigenvalue weighted by molar-refractivity contribution is 5.59. The first kappa shape index (κ1) is 13.9. The molecule has 5 nitrogen and oxygen atoms in total. The molecule has 1 aromatic heterocycles. The van der Waals surface area contributed by atoms with Crippen molar-refractivity contribution in [2.24, 2.45) is 0 Å². The summed E-state index contributed by atoms with van der Waals surface area (Å²) in [6.45, 7) is 6.02. The lowest BCUT2D eigenvalue weighted by Crippen LogP contribution is -2.49. The molecule has 1 fully saturated rings. The van der Waals surface area contributed by atoms with Crippen LogP contribution >= 0.6 is 0 Å². The molecule has 2 heterocycles. The molecule has 0 radical (unpaired) electrons. The van der Waals surface area contributed by atoms with E-state index in [-0.39, 0.29) is 11.4 Å². The van der Waals surface area contributed by atoms with Crippen molar-refractivity contribution >= 4 is 5.95 Å². The highest BCUT2D eigenvalue weighted by Gasteiger charge is 2.22. The van der Waals surface area contributed by atoms with Crippen molar-refractivity contribution < 1.29 is 8.78 Å². The van der Waals surface area contributed by atoms with Gasteiger partial charge in [0, 0.05) is 25.7 Å². The van der Waals surface area contributed by atoms with Gasteiger partial charge < -0.3 is 10.2 Å². The lowest BCUT2D eigenvalue weighted by atomic mass is 10.1.